The molecule has 20 heavy (non-hydrogen) atoms. The van der Waals surface area contributed by atoms with Crippen molar-refractivity contribution in [1.82, 2.24) is 9.80 Å². The number of hydrogen-bond acceptors (Lipinski definition) is 5. The van der Waals surface area contributed by atoms with Gasteiger partial charge in [-0.25, -0.2) is 14.4 Å². The molecule has 0 aromatic carbocycles. The molecule has 0 saturated carbocycles. The molecule has 2 amide bonds. The lowest BCUT2D eigenvalue weighted by Crippen LogP contribution is -2.51. The number of aliphatic hydroxyl groups excluding tert-OH is 1. The van der Waals surface area contributed by atoms with E-state index < -0.39 is 36.2 Å². The molecule has 2 aliphatic rings. The number of amides is 2. The number of esters is 1. The van der Waals surface area contributed by atoms with Crippen molar-refractivity contribution in [2.24, 2.45) is 0 Å². The largest absolute Gasteiger partial charge is 0.480 e. The number of ether oxygens (including phenoxy) is 1. The Labute approximate surface area is 115 Å². The van der Waals surface area contributed by atoms with Crippen LogP contribution in [0.25, 0.3) is 0 Å². The molecule has 2 unspecified atom stereocenters. The minimum atomic E-state index is -1.15. The molecule has 2 heterocycles. The van der Waals surface area contributed by atoms with Crippen LogP contribution in [0.15, 0.2) is 0 Å². The van der Waals surface area contributed by atoms with E-state index in [-0.39, 0.29) is 13.0 Å². The standard InChI is InChI=1S/C12H18N2O6/c1-20-11(18)8-3-2-4-13(8)12(19)14-6-7(15)5-9(14)10(16)17/h7-9,15H,2-6H2,1H3,(H,16,17)/t7?,8?,9-/m0/s1. The van der Waals surface area contributed by atoms with Crippen LogP contribution in [-0.4, -0.2) is 76.4 Å². The zero-order valence-electron chi connectivity index (χ0n) is 11.2. The Bertz CT molecular complexity index is 426. The summed E-state index contributed by atoms with van der Waals surface area (Å²) < 4.78 is 4.66. The summed E-state index contributed by atoms with van der Waals surface area (Å²) >= 11 is 0. The first kappa shape index (κ1) is 14.6. The van der Waals surface area contributed by atoms with Gasteiger partial charge in [-0.2, -0.15) is 0 Å². The van der Waals surface area contributed by atoms with E-state index in [9.17, 15) is 19.5 Å². The molecule has 8 nitrogen and oxygen atoms in total. The lowest BCUT2D eigenvalue weighted by Gasteiger charge is -2.30. The molecule has 0 bridgehead atoms. The van der Waals surface area contributed by atoms with Gasteiger partial charge in [0.15, 0.2) is 0 Å². The van der Waals surface area contributed by atoms with E-state index in [4.69, 9.17) is 5.11 Å². The van der Waals surface area contributed by atoms with Crippen molar-refractivity contribution in [3.63, 3.8) is 0 Å². The minimum absolute atomic E-state index is 0.0117. The molecule has 0 aliphatic carbocycles. The SMILES string of the molecule is COC(=O)C1CCCN1C(=O)N1CC(O)C[C@H]1C(=O)O. The molecule has 2 rings (SSSR count). The molecule has 8 heteroatoms. The molecule has 3 atom stereocenters. The number of aliphatic carboxylic acids is 1. The van der Waals surface area contributed by atoms with E-state index >= 15 is 0 Å². The average molecular weight is 286 g/mol. The van der Waals surface area contributed by atoms with Crippen molar-refractivity contribution in [3.05, 3.63) is 0 Å². The van der Waals surface area contributed by atoms with Crippen LogP contribution in [0, 0.1) is 0 Å². The first-order valence-corrected chi connectivity index (χ1v) is 6.51. The molecule has 0 radical (unpaired) electrons. The summed E-state index contributed by atoms with van der Waals surface area (Å²) in [5.41, 5.74) is 0. The maximum atomic E-state index is 12.4. The van der Waals surface area contributed by atoms with Gasteiger partial charge in [0.05, 0.1) is 13.2 Å². The van der Waals surface area contributed by atoms with Gasteiger partial charge in [-0.05, 0) is 12.8 Å². The average Bonchev–Trinajstić information content (AvgIpc) is 3.03. The third kappa shape index (κ3) is 2.55. The number of carbonyl (C=O) groups excluding carboxylic acids is 2. The molecule has 2 saturated heterocycles. The fourth-order valence-electron chi connectivity index (χ4n) is 2.80. The minimum Gasteiger partial charge on any atom is -0.480 e. The third-order valence-electron chi connectivity index (χ3n) is 3.78. The number of likely N-dealkylation sites (tertiary alicyclic amines) is 2. The Morgan fingerprint density at radius 3 is 2.50 bits per heavy atom. The van der Waals surface area contributed by atoms with Crippen molar-refractivity contribution in [3.8, 4) is 0 Å². The van der Waals surface area contributed by atoms with E-state index in [0.717, 1.165) is 4.90 Å². The van der Waals surface area contributed by atoms with Crippen LogP contribution in [0.3, 0.4) is 0 Å². The topological polar surface area (TPSA) is 107 Å². The Hall–Kier alpha value is -1.83. The van der Waals surface area contributed by atoms with Crippen LogP contribution in [0.1, 0.15) is 19.3 Å². The molecule has 2 aliphatic heterocycles. The summed E-state index contributed by atoms with van der Waals surface area (Å²) in [6.45, 7) is 0.359. The zero-order chi connectivity index (χ0) is 14.9. The Kier molecular flexibility index (Phi) is 4.12. The molecule has 112 valence electrons. The highest BCUT2D eigenvalue weighted by atomic mass is 16.5. The van der Waals surface area contributed by atoms with Crippen LogP contribution < -0.4 is 0 Å². The predicted octanol–water partition coefficient (Wildman–Crippen LogP) is -0.736. The maximum absolute atomic E-state index is 12.4. The van der Waals surface area contributed by atoms with Crippen LogP contribution in [-0.2, 0) is 14.3 Å². The predicted molar refractivity (Wildman–Crippen MR) is 65.9 cm³/mol. The second kappa shape index (κ2) is 5.66. The number of urea groups is 1. The second-order valence-electron chi connectivity index (χ2n) is 5.05. The number of aliphatic hydroxyl groups is 1. The second-order valence-corrected chi connectivity index (χ2v) is 5.05. The van der Waals surface area contributed by atoms with Crippen LogP contribution in [0.2, 0.25) is 0 Å². The van der Waals surface area contributed by atoms with Gasteiger partial charge >= 0.3 is 18.0 Å². The van der Waals surface area contributed by atoms with Gasteiger partial charge in [0, 0.05) is 19.5 Å². The molecule has 0 spiro atoms. The monoisotopic (exact) mass is 286 g/mol. The fourth-order valence-corrected chi connectivity index (χ4v) is 2.80. The Morgan fingerprint density at radius 2 is 1.90 bits per heavy atom. The van der Waals surface area contributed by atoms with E-state index in [2.05, 4.69) is 4.74 Å². The van der Waals surface area contributed by atoms with Crippen molar-refractivity contribution in [2.45, 2.75) is 37.5 Å². The van der Waals surface area contributed by atoms with Crippen LogP contribution in [0.5, 0.6) is 0 Å². The van der Waals surface area contributed by atoms with Crippen molar-refractivity contribution < 1.29 is 29.3 Å². The first-order valence-electron chi connectivity index (χ1n) is 6.51. The van der Waals surface area contributed by atoms with E-state index in [1.54, 1.807) is 0 Å². The van der Waals surface area contributed by atoms with E-state index in [0.29, 0.717) is 19.4 Å². The smallest absolute Gasteiger partial charge is 0.328 e. The molecule has 2 fully saturated rings. The number of β-amino-alcohol motifs (C(OH)–C–C–N with tert-alkyl or cyclic N) is 1. The quantitative estimate of drug-likeness (QED) is 0.648. The van der Waals surface area contributed by atoms with E-state index in [1.165, 1.54) is 12.0 Å². The highest BCUT2D eigenvalue weighted by molar-refractivity contribution is 5.87. The van der Waals surface area contributed by atoms with Gasteiger partial charge in [-0.15, -0.1) is 0 Å². The number of carboxylic acids is 1. The van der Waals surface area contributed by atoms with Gasteiger partial charge in [0.25, 0.3) is 0 Å². The number of methoxy groups -OCH3 is 1. The normalized spacial score (nSPS) is 29.6. The van der Waals surface area contributed by atoms with Crippen LogP contribution in [0.4, 0.5) is 4.79 Å². The third-order valence-corrected chi connectivity index (χ3v) is 3.78. The van der Waals surface area contributed by atoms with Crippen molar-refractivity contribution >= 4 is 18.0 Å². The van der Waals surface area contributed by atoms with Gasteiger partial charge in [0.1, 0.15) is 12.1 Å². The lowest BCUT2D eigenvalue weighted by molar-refractivity contribution is -0.145. The number of rotatable bonds is 2. The molecule has 0 aromatic rings. The first-order chi connectivity index (χ1) is 9.45. The number of nitrogens with zero attached hydrogens (tertiary/aromatic N) is 2. The maximum Gasteiger partial charge on any atom is 0.328 e. The number of carboxylic acid groups (broad SMARTS) is 1. The summed E-state index contributed by atoms with van der Waals surface area (Å²) in [5, 5.41) is 18.7. The zero-order valence-corrected chi connectivity index (χ0v) is 11.2. The highest BCUT2D eigenvalue weighted by Gasteiger charge is 2.44. The van der Waals surface area contributed by atoms with Gasteiger partial charge in [-0.3, -0.25) is 0 Å². The summed E-state index contributed by atoms with van der Waals surface area (Å²) in [5.74, 6) is -1.65. The Morgan fingerprint density at radius 1 is 1.20 bits per heavy atom. The van der Waals surface area contributed by atoms with Crippen molar-refractivity contribution in [1.29, 1.82) is 0 Å². The summed E-state index contributed by atoms with van der Waals surface area (Å²) in [6, 6.07) is -2.24. The summed E-state index contributed by atoms with van der Waals surface area (Å²) in [6.07, 6.45) is 0.337. The lowest BCUT2D eigenvalue weighted by atomic mass is 10.2. The summed E-state index contributed by atoms with van der Waals surface area (Å²) in [4.78, 5) is 37.6. The highest BCUT2D eigenvalue weighted by Crippen LogP contribution is 2.25. The molecule has 2 N–H and O–H groups in total. The molecular weight excluding hydrogens is 268 g/mol. The molecular formula is C12H18N2O6. The van der Waals surface area contributed by atoms with E-state index in [1.807, 2.05) is 0 Å². The fraction of sp³-hybridized carbons (Fsp3) is 0.750. The summed E-state index contributed by atoms with van der Waals surface area (Å²) in [7, 11) is 1.25. The van der Waals surface area contributed by atoms with Crippen molar-refractivity contribution in [2.75, 3.05) is 20.2 Å². The van der Waals surface area contributed by atoms with Gasteiger partial charge in [-0.1, -0.05) is 0 Å². The van der Waals surface area contributed by atoms with Gasteiger partial charge in [0.2, 0.25) is 0 Å². The van der Waals surface area contributed by atoms with Crippen LogP contribution >= 0.6 is 0 Å². The Balaban J connectivity index is 2.13. The van der Waals surface area contributed by atoms with Gasteiger partial charge < -0.3 is 24.7 Å². The number of hydrogen-bond donors (Lipinski definition) is 2. The number of carbonyl (C=O) groups is 3. The molecule has 0 aromatic heterocycles.